The Labute approximate surface area is 72.2 Å². The number of carbonyl (C=O) groups is 1. The molecule has 4 heteroatoms. The third-order valence-corrected chi connectivity index (χ3v) is 2.09. The summed E-state index contributed by atoms with van der Waals surface area (Å²) in [6.07, 6.45) is 3.35. The Hall–Kier alpha value is -1.24. The Kier molecular flexibility index (Phi) is 2.92. The third-order valence-electron chi connectivity index (χ3n) is 2.09. The smallest absolute Gasteiger partial charge is 0.318 e. The van der Waals surface area contributed by atoms with Crippen LogP contribution in [-0.4, -0.2) is 30.6 Å². The molecule has 0 atom stereocenters. The van der Waals surface area contributed by atoms with Gasteiger partial charge in [-0.2, -0.15) is 5.26 Å². The highest BCUT2D eigenvalue weighted by atomic mass is 16.2. The van der Waals surface area contributed by atoms with Crippen LogP contribution in [0.25, 0.3) is 0 Å². The van der Waals surface area contributed by atoms with Gasteiger partial charge in [-0.05, 0) is 19.3 Å². The first-order valence-corrected chi connectivity index (χ1v) is 4.12. The largest absolute Gasteiger partial charge is 0.335 e. The lowest BCUT2D eigenvalue weighted by molar-refractivity contribution is 0.201. The molecule has 1 aliphatic carbocycles. The molecule has 0 aromatic heterocycles. The molecule has 0 heterocycles. The van der Waals surface area contributed by atoms with E-state index in [1.807, 2.05) is 6.07 Å². The van der Waals surface area contributed by atoms with Crippen molar-refractivity contribution < 1.29 is 4.79 Å². The van der Waals surface area contributed by atoms with E-state index in [0.717, 1.165) is 12.8 Å². The second-order valence-electron chi connectivity index (χ2n) is 3.09. The fraction of sp³-hybridized carbons (Fsp3) is 0.750. The highest BCUT2D eigenvalue weighted by molar-refractivity contribution is 5.74. The zero-order valence-corrected chi connectivity index (χ0v) is 7.21. The minimum absolute atomic E-state index is 0.138. The van der Waals surface area contributed by atoms with Crippen LogP contribution in [0.1, 0.15) is 19.3 Å². The molecule has 0 saturated heterocycles. The van der Waals surface area contributed by atoms with Crippen molar-refractivity contribution >= 4 is 6.03 Å². The summed E-state index contributed by atoms with van der Waals surface area (Å²) in [6, 6.07) is 2.13. The van der Waals surface area contributed by atoms with E-state index >= 15 is 0 Å². The number of nitriles is 1. The molecule has 2 amide bonds. The molecular formula is C8H13N3O. The predicted molar refractivity (Wildman–Crippen MR) is 44.4 cm³/mol. The van der Waals surface area contributed by atoms with Crippen LogP contribution in [-0.2, 0) is 0 Å². The van der Waals surface area contributed by atoms with Gasteiger partial charge in [-0.1, -0.05) is 0 Å². The number of nitrogens with zero attached hydrogens (tertiary/aromatic N) is 2. The summed E-state index contributed by atoms with van der Waals surface area (Å²) in [4.78, 5) is 12.6. The van der Waals surface area contributed by atoms with Crippen molar-refractivity contribution in [3.8, 4) is 6.07 Å². The first kappa shape index (κ1) is 8.85. The van der Waals surface area contributed by atoms with Crippen molar-refractivity contribution in [3.63, 3.8) is 0 Å². The maximum Gasteiger partial charge on any atom is 0.318 e. The quantitative estimate of drug-likeness (QED) is 0.615. The highest BCUT2D eigenvalue weighted by Gasteiger charge is 2.20. The van der Waals surface area contributed by atoms with Gasteiger partial charge >= 0.3 is 6.03 Å². The van der Waals surface area contributed by atoms with Crippen molar-refractivity contribution in [1.82, 2.24) is 10.2 Å². The van der Waals surface area contributed by atoms with E-state index in [0.29, 0.717) is 6.04 Å². The van der Waals surface area contributed by atoms with Gasteiger partial charge in [0.05, 0.1) is 6.07 Å². The van der Waals surface area contributed by atoms with Gasteiger partial charge in [0.2, 0.25) is 0 Å². The number of urea groups is 1. The highest BCUT2D eigenvalue weighted by Crippen LogP contribution is 2.17. The lowest BCUT2D eigenvalue weighted by Crippen LogP contribution is -2.45. The topological polar surface area (TPSA) is 56.1 Å². The van der Waals surface area contributed by atoms with Gasteiger partial charge in [-0.25, -0.2) is 4.79 Å². The minimum atomic E-state index is -0.138. The second-order valence-corrected chi connectivity index (χ2v) is 3.09. The van der Waals surface area contributed by atoms with Gasteiger partial charge in [0.1, 0.15) is 6.54 Å². The molecule has 0 radical (unpaired) electrons. The molecular weight excluding hydrogens is 154 g/mol. The lowest BCUT2D eigenvalue weighted by atomic mass is 9.93. The predicted octanol–water partition coefficient (Wildman–Crippen LogP) is 0.704. The fourth-order valence-corrected chi connectivity index (χ4v) is 1.02. The Morgan fingerprint density at radius 1 is 1.75 bits per heavy atom. The first-order chi connectivity index (χ1) is 5.74. The van der Waals surface area contributed by atoms with Crippen LogP contribution in [0.4, 0.5) is 4.79 Å². The van der Waals surface area contributed by atoms with Crippen molar-refractivity contribution in [3.05, 3.63) is 0 Å². The van der Waals surface area contributed by atoms with Gasteiger partial charge in [-0.15, -0.1) is 0 Å². The SMILES string of the molecule is CN(CC#N)C(=O)NC1CCC1. The minimum Gasteiger partial charge on any atom is -0.335 e. The van der Waals surface area contributed by atoms with E-state index < -0.39 is 0 Å². The number of rotatable bonds is 2. The Bertz CT molecular complexity index is 205. The van der Waals surface area contributed by atoms with Crippen LogP contribution < -0.4 is 5.32 Å². The van der Waals surface area contributed by atoms with Crippen LogP contribution in [0.5, 0.6) is 0 Å². The van der Waals surface area contributed by atoms with Crippen molar-refractivity contribution in [1.29, 1.82) is 5.26 Å². The van der Waals surface area contributed by atoms with Gasteiger partial charge in [0, 0.05) is 13.1 Å². The number of carbonyl (C=O) groups excluding carboxylic acids is 1. The van der Waals surface area contributed by atoms with E-state index in [2.05, 4.69) is 5.32 Å². The van der Waals surface area contributed by atoms with E-state index in [9.17, 15) is 4.79 Å². The summed E-state index contributed by atoms with van der Waals surface area (Å²) in [5.41, 5.74) is 0. The van der Waals surface area contributed by atoms with Crippen LogP contribution >= 0.6 is 0 Å². The van der Waals surface area contributed by atoms with Crippen molar-refractivity contribution in [2.24, 2.45) is 0 Å². The van der Waals surface area contributed by atoms with Crippen LogP contribution in [0, 0.1) is 11.3 Å². The average Bonchev–Trinajstić information content (AvgIpc) is 1.97. The molecule has 1 rings (SSSR count). The molecule has 0 aromatic carbocycles. The molecule has 12 heavy (non-hydrogen) atoms. The van der Waals surface area contributed by atoms with Gasteiger partial charge in [-0.3, -0.25) is 0 Å². The summed E-state index contributed by atoms with van der Waals surface area (Å²) in [5.74, 6) is 0. The van der Waals surface area contributed by atoms with Crippen LogP contribution in [0.3, 0.4) is 0 Å². The van der Waals surface area contributed by atoms with E-state index in [1.165, 1.54) is 11.3 Å². The molecule has 0 unspecified atom stereocenters. The molecule has 66 valence electrons. The molecule has 4 nitrogen and oxygen atoms in total. The summed E-state index contributed by atoms with van der Waals surface area (Å²) in [5, 5.41) is 11.2. The summed E-state index contributed by atoms with van der Waals surface area (Å²) in [6.45, 7) is 0.151. The molecule has 0 spiro atoms. The van der Waals surface area contributed by atoms with Crippen molar-refractivity contribution in [2.45, 2.75) is 25.3 Å². The van der Waals surface area contributed by atoms with E-state index in [-0.39, 0.29) is 12.6 Å². The number of amides is 2. The van der Waals surface area contributed by atoms with Gasteiger partial charge in [0.15, 0.2) is 0 Å². The zero-order chi connectivity index (χ0) is 8.97. The molecule has 1 fully saturated rings. The second kappa shape index (κ2) is 3.96. The van der Waals surface area contributed by atoms with E-state index in [4.69, 9.17) is 5.26 Å². The summed E-state index contributed by atoms with van der Waals surface area (Å²) >= 11 is 0. The zero-order valence-electron chi connectivity index (χ0n) is 7.21. The lowest BCUT2D eigenvalue weighted by Gasteiger charge is -2.28. The number of nitrogens with one attached hydrogen (secondary N) is 1. The third kappa shape index (κ3) is 2.12. The molecule has 1 saturated carbocycles. The maximum absolute atomic E-state index is 11.2. The van der Waals surface area contributed by atoms with Gasteiger partial charge < -0.3 is 10.2 Å². The number of hydrogen-bond donors (Lipinski definition) is 1. The molecule has 1 aliphatic rings. The Morgan fingerprint density at radius 3 is 2.83 bits per heavy atom. The summed E-state index contributed by atoms with van der Waals surface area (Å²) < 4.78 is 0. The number of hydrogen-bond acceptors (Lipinski definition) is 2. The average molecular weight is 167 g/mol. The standard InChI is InChI=1S/C8H13N3O/c1-11(6-5-9)8(12)10-7-3-2-4-7/h7H,2-4,6H2,1H3,(H,10,12). The monoisotopic (exact) mass is 167 g/mol. The molecule has 0 aromatic rings. The van der Waals surface area contributed by atoms with Crippen LogP contribution in [0.15, 0.2) is 0 Å². The van der Waals surface area contributed by atoms with Crippen LogP contribution in [0.2, 0.25) is 0 Å². The molecule has 0 aliphatic heterocycles. The summed E-state index contributed by atoms with van der Waals surface area (Å²) in [7, 11) is 1.62. The Balaban J connectivity index is 2.22. The molecule has 1 N–H and O–H groups in total. The Morgan fingerprint density at radius 2 is 2.42 bits per heavy atom. The van der Waals surface area contributed by atoms with E-state index in [1.54, 1.807) is 7.05 Å². The van der Waals surface area contributed by atoms with Gasteiger partial charge in [0.25, 0.3) is 0 Å². The van der Waals surface area contributed by atoms with Crippen molar-refractivity contribution in [2.75, 3.05) is 13.6 Å². The fourth-order valence-electron chi connectivity index (χ4n) is 1.02. The maximum atomic E-state index is 11.2. The molecule has 0 bridgehead atoms. The normalized spacial score (nSPS) is 16.0. The first-order valence-electron chi connectivity index (χ1n) is 4.12.